The second-order valence-corrected chi connectivity index (χ2v) is 6.17. The van der Waals surface area contributed by atoms with E-state index in [1.54, 1.807) is 0 Å². The van der Waals surface area contributed by atoms with Crippen LogP contribution < -0.4 is 10.1 Å². The molecule has 0 spiro atoms. The number of ether oxygens (including phenoxy) is 1. The highest BCUT2D eigenvalue weighted by Crippen LogP contribution is 2.29. The minimum atomic E-state index is 0.277. The third-order valence-electron chi connectivity index (χ3n) is 3.20. The first kappa shape index (κ1) is 14.7. The van der Waals surface area contributed by atoms with Crippen LogP contribution in [0.5, 0.6) is 5.75 Å². The van der Waals surface area contributed by atoms with Gasteiger partial charge in [-0.1, -0.05) is 17.7 Å². The zero-order valence-electron chi connectivity index (χ0n) is 11.5. The van der Waals surface area contributed by atoms with E-state index in [1.165, 1.54) is 11.1 Å². The van der Waals surface area contributed by atoms with E-state index in [4.69, 9.17) is 9.84 Å². The van der Waals surface area contributed by atoms with Gasteiger partial charge < -0.3 is 15.2 Å². The van der Waals surface area contributed by atoms with Crippen LogP contribution in [-0.2, 0) is 6.42 Å². The molecule has 0 radical (unpaired) electrons. The first-order valence-corrected chi connectivity index (χ1v) is 8.10. The van der Waals surface area contributed by atoms with Gasteiger partial charge in [0, 0.05) is 31.9 Å². The molecule has 0 saturated heterocycles. The average Bonchev–Trinajstić information content (AvgIpc) is 2.79. The minimum Gasteiger partial charge on any atom is -0.488 e. The molecule has 1 aromatic rings. The van der Waals surface area contributed by atoms with Gasteiger partial charge in [0.15, 0.2) is 0 Å². The van der Waals surface area contributed by atoms with Crippen molar-refractivity contribution in [1.82, 2.24) is 5.32 Å². The summed E-state index contributed by atoms with van der Waals surface area (Å²) in [5.74, 6) is 3.19. The van der Waals surface area contributed by atoms with E-state index in [2.05, 4.69) is 30.4 Å². The number of fused-ring (bicyclic) bond motifs is 1. The summed E-state index contributed by atoms with van der Waals surface area (Å²) in [6.45, 7) is 4.34. The lowest BCUT2D eigenvalue weighted by Crippen LogP contribution is -2.31. The molecule has 1 heterocycles. The zero-order chi connectivity index (χ0) is 13.5. The maximum absolute atomic E-state index is 8.67. The van der Waals surface area contributed by atoms with Crippen LogP contribution in [0, 0.1) is 6.92 Å². The normalized spacial score (nSPS) is 17.3. The molecule has 0 aliphatic carbocycles. The van der Waals surface area contributed by atoms with Crippen molar-refractivity contribution in [3.8, 4) is 5.75 Å². The monoisotopic (exact) mass is 281 g/mol. The van der Waals surface area contributed by atoms with Crippen molar-refractivity contribution < 1.29 is 9.84 Å². The van der Waals surface area contributed by atoms with Gasteiger partial charge in [0.25, 0.3) is 0 Å². The molecule has 3 nitrogen and oxygen atoms in total. The Bertz CT molecular complexity index is 398. The van der Waals surface area contributed by atoms with E-state index in [0.29, 0.717) is 6.61 Å². The third kappa shape index (κ3) is 4.71. The molecule has 106 valence electrons. The van der Waals surface area contributed by atoms with E-state index >= 15 is 0 Å². The Morgan fingerprint density at radius 1 is 1.42 bits per heavy atom. The largest absolute Gasteiger partial charge is 0.488 e. The van der Waals surface area contributed by atoms with Crippen molar-refractivity contribution in [2.24, 2.45) is 0 Å². The van der Waals surface area contributed by atoms with Gasteiger partial charge in [-0.3, -0.25) is 0 Å². The highest BCUT2D eigenvalue weighted by Gasteiger charge is 2.21. The summed E-state index contributed by atoms with van der Waals surface area (Å²) in [4.78, 5) is 0. The average molecular weight is 281 g/mol. The van der Waals surface area contributed by atoms with E-state index in [9.17, 15) is 0 Å². The lowest BCUT2D eigenvalue weighted by atomic mass is 10.1. The van der Waals surface area contributed by atoms with Gasteiger partial charge in [0.2, 0.25) is 0 Å². The molecule has 1 aliphatic heterocycles. The summed E-state index contributed by atoms with van der Waals surface area (Å²) >= 11 is 1.89. The SMILES string of the molecule is Cc1ccc2c(c1)CC(CNCCSCCCO)O2. The molecule has 1 aliphatic rings. The number of aliphatic hydroxyl groups excluding tert-OH is 1. The van der Waals surface area contributed by atoms with E-state index in [0.717, 1.165) is 43.2 Å². The summed E-state index contributed by atoms with van der Waals surface area (Å²) in [6, 6.07) is 6.40. The fourth-order valence-electron chi connectivity index (χ4n) is 2.24. The van der Waals surface area contributed by atoms with Crippen molar-refractivity contribution >= 4 is 11.8 Å². The number of rotatable bonds is 8. The Balaban J connectivity index is 1.59. The van der Waals surface area contributed by atoms with Gasteiger partial charge in [-0.05, 0) is 30.7 Å². The highest BCUT2D eigenvalue weighted by molar-refractivity contribution is 7.99. The number of hydrogen-bond acceptors (Lipinski definition) is 4. The Kier molecular flexibility index (Phi) is 6.01. The van der Waals surface area contributed by atoms with Crippen molar-refractivity contribution in [1.29, 1.82) is 0 Å². The van der Waals surface area contributed by atoms with E-state index in [1.807, 2.05) is 11.8 Å². The summed E-state index contributed by atoms with van der Waals surface area (Å²) in [7, 11) is 0. The van der Waals surface area contributed by atoms with Crippen molar-refractivity contribution in [3.05, 3.63) is 29.3 Å². The first-order chi connectivity index (χ1) is 9.29. The molecule has 0 fully saturated rings. The summed E-state index contributed by atoms with van der Waals surface area (Å²) in [6.07, 6.45) is 2.19. The number of nitrogens with one attached hydrogen (secondary N) is 1. The van der Waals surface area contributed by atoms with Crippen LogP contribution in [-0.4, -0.2) is 42.4 Å². The Morgan fingerprint density at radius 2 is 2.32 bits per heavy atom. The summed E-state index contributed by atoms with van der Waals surface area (Å²) in [5.41, 5.74) is 2.64. The number of aliphatic hydroxyl groups is 1. The first-order valence-electron chi connectivity index (χ1n) is 6.95. The Hall–Kier alpha value is -0.710. The molecule has 0 bridgehead atoms. The Morgan fingerprint density at radius 3 is 3.16 bits per heavy atom. The molecule has 1 unspecified atom stereocenters. The molecule has 0 aromatic heterocycles. The molecule has 19 heavy (non-hydrogen) atoms. The fraction of sp³-hybridized carbons (Fsp3) is 0.600. The van der Waals surface area contributed by atoms with Crippen LogP contribution in [0.3, 0.4) is 0 Å². The lowest BCUT2D eigenvalue weighted by Gasteiger charge is -2.11. The molecule has 2 rings (SSSR count). The van der Waals surface area contributed by atoms with Crippen LogP contribution in [0.4, 0.5) is 0 Å². The predicted molar refractivity (Wildman–Crippen MR) is 81.2 cm³/mol. The van der Waals surface area contributed by atoms with Crippen LogP contribution in [0.25, 0.3) is 0 Å². The number of benzene rings is 1. The highest BCUT2D eigenvalue weighted by atomic mass is 32.2. The number of aryl methyl sites for hydroxylation is 1. The fourth-order valence-corrected chi connectivity index (χ4v) is 3.07. The summed E-state index contributed by atoms with van der Waals surface area (Å²) in [5, 5.41) is 12.1. The summed E-state index contributed by atoms with van der Waals surface area (Å²) < 4.78 is 5.90. The van der Waals surface area contributed by atoms with Crippen LogP contribution in [0.15, 0.2) is 18.2 Å². The maximum atomic E-state index is 8.67. The van der Waals surface area contributed by atoms with Gasteiger partial charge in [-0.15, -0.1) is 0 Å². The minimum absolute atomic E-state index is 0.277. The molecule has 4 heteroatoms. The second kappa shape index (κ2) is 7.78. The standard InChI is InChI=1S/C15H23NO2S/c1-12-3-4-15-13(9-12)10-14(18-15)11-16-5-8-19-7-2-6-17/h3-4,9,14,16-17H,2,5-8,10-11H2,1H3. The van der Waals surface area contributed by atoms with E-state index in [-0.39, 0.29) is 6.10 Å². The molecule has 1 atom stereocenters. The van der Waals surface area contributed by atoms with Gasteiger partial charge in [0.05, 0.1) is 0 Å². The zero-order valence-corrected chi connectivity index (χ0v) is 12.3. The van der Waals surface area contributed by atoms with Crippen molar-refractivity contribution in [3.63, 3.8) is 0 Å². The molecule has 0 saturated carbocycles. The lowest BCUT2D eigenvalue weighted by molar-refractivity contribution is 0.229. The molecule has 1 aromatic carbocycles. The quantitative estimate of drug-likeness (QED) is 0.715. The topological polar surface area (TPSA) is 41.5 Å². The molecule has 0 amide bonds. The van der Waals surface area contributed by atoms with Crippen LogP contribution in [0.2, 0.25) is 0 Å². The molecular formula is C15H23NO2S. The number of hydrogen-bond donors (Lipinski definition) is 2. The van der Waals surface area contributed by atoms with Gasteiger partial charge in [-0.25, -0.2) is 0 Å². The molecular weight excluding hydrogens is 258 g/mol. The van der Waals surface area contributed by atoms with Crippen LogP contribution in [0.1, 0.15) is 17.5 Å². The van der Waals surface area contributed by atoms with E-state index < -0.39 is 0 Å². The van der Waals surface area contributed by atoms with Gasteiger partial charge >= 0.3 is 0 Å². The van der Waals surface area contributed by atoms with Crippen molar-refractivity contribution in [2.45, 2.75) is 25.9 Å². The maximum Gasteiger partial charge on any atom is 0.123 e. The second-order valence-electron chi connectivity index (χ2n) is 4.95. The smallest absolute Gasteiger partial charge is 0.123 e. The van der Waals surface area contributed by atoms with Gasteiger partial charge in [-0.2, -0.15) is 11.8 Å². The van der Waals surface area contributed by atoms with Crippen LogP contribution >= 0.6 is 11.8 Å². The van der Waals surface area contributed by atoms with Crippen molar-refractivity contribution in [2.75, 3.05) is 31.2 Å². The Labute approximate surface area is 119 Å². The molecule has 2 N–H and O–H groups in total. The predicted octanol–water partition coefficient (Wildman–Crippen LogP) is 2.00. The third-order valence-corrected chi connectivity index (χ3v) is 4.27. The van der Waals surface area contributed by atoms with Gasteiger partial charge in [0.1, 0.15) is 11.9 Å². The number of thioether (sulfide) groups is 1.